The number of methoxy groups -OCH3 is 2. The molecule has 2 N–H and O–H groups in total. The standard InChI is InChI=1S/C23H37N3O6/c1-4-5-6-7-8-26(10-9-25-11-13-31-14-12-25)23(28)18-15-19(29-2)22(20(16-18)30-3)32-17-21(24)27/h15-16H,4-14,17H2,1-3H3,(H2,24,27). The minimum Gasteiger partial charge on any atom is -0.493 e. The molecular weight excluding hydrogens is 414 g/mol. The lowest BCUT2D eigenvalue weighted by Gasteiger charge is -2.30. The van der Waals surface area contributed by atoms with Crippen molar-refractivity contribution in [3.8, 4) is 17.2 Å². The molecule has 0 spiro atoms. The van der Waals surface area contributed by atoms with E-state index >= 15 is 0 Å². The number of morpholine rings is 1. The van der Waals surface area contributed by atoms with Crippen molar-refractivity contribution in [1.82, 2.24) is 9.80 Å². The summed E-state index contributed by atoms with van der Waals surface area (Å²) < 4.78 is 21.7. The maximum absolute atomic E-state index is 13.5. The molecule has 1 aliphatic rings. The summed E-state index contributed by atoms with van der Waals surface area (Å²) in [5.41, 5.74) is 5.63. The number of carbonyl (C=O) groups is 2. The molecule has 1 aromatic rings. The van der Waals surface area contributed by atoms with Gasteiger partial charge in [0.05, 0.1) is 27.4 Å². The molecule has 1 aliphatic heterocycles. The van der Waals surface area contributed by atoms with Crippen LogP contribution in [0.5, 0.6) is 17.2 Å². The van der Waals surface area contributed by atoms with Crippen molar-refractivity contribution in [2.24, 2.45) is 5.73 Å². The second kappa shape index (κ2) is 13.8. The van der Waals surface area contributed by atoms with Gasteiger partial charge in [0.25, 0.3) is 11.8 Å². The Labute approximate surface area is 190 Å². The maximum Gasteiger partial charge on any atom is 0.255 e. The van der Waals surface area contributed by atoms with Crippen LogP contribution in [0.15, 0.2) is 12.1 Å². The van der Waals surface area contributed by atoms with Gasteiger partial charge in [0.1, 0.15) is 0 Å². The Morgan fingerprint density at radius 2 is 1.72 bits per heavy atom. The van der Waals surface area contributed by atoms with Crippen LogP contribution < -0.4 is 19.9 Å². The second-order valence-electron chi connectivity index (χ2n) is 7.77. The molecule has 1 heterocycles. The normalized spacial score (nSPS) is 14.1. The van der Waals surface area contributed by atoms with Gasteiger partial charge in [0.15, 0.2) is 18.1 Å². The molecule has 2 amide bonds. The van der Waals surface area contributed by atoms with Crippen LogP contribution in [0.25, 0.3) is 0 Å². The lowest BCUT2D eigenvalue weighted by atomic mass is 10.1. The minimum atomic E-state index is -0.615. The Morgan fingerprint density at radius 3 is 2.28 bits per heavy atom. The van der Waals surface area contributed by atoms with Gasteiger partial charge >= 0.3 is 0 Å². The van der Waals surface area contributed by atoms with E-state index in [9.17, 15) is 9.59 Å². The van der Waals surface area contributed by atoms with Crippen molar-refractivity contribution in [1.29, 1.82) is 0 Å². The van der Waals surface area contributed by atoms with Crippen molar-refractivity contribution in [3.63, 3.8) is 0 Å². The number of nitrogens with zero attached hydrogens (tertiary/aromatic N) is 2. The average molecular weight is 452 g/mol. The van der Waals surface area contributed by atoms with Crippen LogP contribution in [-0.4, -0.2) is 88.4 Å². The largest absolute Gasteiger partial charge is 0.493 e. The maximum atomic E-state index is 13.5. The molecule has 1 saturated heterocycles. The molecule has 0 unspecified atom stereocenters. The Bertz CT molecular complexity index is 711. The van der Waals surface area contributed by atoms with Gasteiger partial charge in [-0.3, -0.25) is 14.5 Å². The second-order valence-corrected chi connectivity index (χ2v) is 7.77. The van der Waals surface area contributed by atoms with Gasteiger partial charge < -0.3 is 29.6 Å². The van der Waals surface area contributed by atoms with Crippen LogP contribution in [0.2, 0.25) is 0 Å². The first-order valence-electron chi connectivity index (χ1n) is 11.3. The molecule has 1 aromatic carbocycles. The molecular formula is C23H37N3O6. The van der Waals surface area contributed by atoms with Gasteiger partial charge in [-0.1, -0.05) is 26.2 Å². The molecule has 0 radical (unpaired) electrons. The molecule has 0 saturated carbocycles. The van der Waals surface area contributed by atoms with Gasteiger partial charge in [0, 0.05) is 38.3 Å². The minimum absolute atomic E-state index is 0.0900. The zero-order valence-electron chi connectivity index (χ0n) is 19.6. The van der Waals surface area contributed by atoms with Crippen LogP contribution >= 0.6 is 0 Å². The van der Waals surface area contributed by atoms with E-state index in [1.807, 2.05) is 4.90 Å². The summed E-state index contributed by atoms with van der Waals surface area (Å²) in [4.78, 5) is 28.8. The van der Waals surface area contributed by atoms with Gasteiger partial charge in [-0.25, -0.2) is 0 Å². The van der Waals surface area contributed by atoms with Crippen LogP contribution in [0.1, 0.15) is 43.0 Å². The summed E-state index contributed by atoms with van der Waals surface area (Å²) >= 11 is 0. The fourth-order valence-corrected chi connectivity index (χ4v) is 3.60. The number of hydrogen-bond donors (Lipinski definition) is 1. The monoisotopic (exact) mass is 451 g/mol. The fourth-order valence-electron chi connectivity index (χ4n) is 3.60. The van der Waals surface area contributed by atoms with E-state index in [1.54, 1.807) is 12.1 Å². The predicted molar refractivity (Wildman–Crippen MR) is 122 cm³/mol. The number of unbranched alkanes of at least 4 members (excludes halogenated alkanes) is 3. The number of hydrogen-bond acceptors (Lipinski definition) is 7. The highest BCUT2D eigenvalue weighted by atomic mass is 16.5. The highest BCUT2D eigenvalue weighted by Gasteiger charge is 2.23. The number of carbonyl (C=O) groups excluding carboxylic acids is 2. The van der Waals surface area contributed by atoms with Crippen molar-refractivity contribution in [3.05, 3.63) is 17.7 Å². The fraction of sp³-hybridized carbons (Fsp3) is 0.652. The molecule has 1 fully saturated rings. The molecule has 180 valence electrons. The van der Waals surface area contributed by atoms with E-state index < -0.39 is 5.91 Å². The molecule has 32 heavy (non-hydrogen) atoms. The zero-order chi connectivity index (χ0) is 23.3. The molecule has 2 rings (SSSR count). The Balaban J connectivity index is 2.19. The highest BCUT2D eigenvalue weighted by molar-refractivity contribution is 5.95. The van der Waals surface area contributed by atoms with Crippen molar-refractivity contribution in [2.45, 2.75) is 32.6 Å². The third kappa shape index (κ3) is 7.87. The third-order valence-corrected chi connectivity index (χ3v) is 5.42. The Hall–Kier alpha value is -2.52. The summed E-state index contributed by atoms with van der Waals surface area (Å²) in [5.74, 6) is 0.165. The molecule has 0 aromatic heterocycles. The van der Waals surface area contributed by atoms with Crippen LogP contribution in [0.3, 0.4) is 0 Å². The lowest BCUT2D eigenvalue weighted by Crippen LogP contribution is -2.43. The first kappa shape index (κ1) is 25.7. The number of amides is 2. The quantitative estimate of drug-likeness (QED) is 0.431. The zero-order valence-corrected chi connectivity index (χ0v) is 19.6. The number of benzene rings is 1. The van der Waals surface area contributed by atoms with Crippen LogP contribution in [0.4, 0.5) is 0 Å². The smallest absolute Gasteiger partial charge is 0.255 e. The summed E-state index contributed by atoms with van der Waals surface area (Å²) in [6.07, 6.45) is 4.34. The number of rotatable bonds is 14. The number of primary amides is 1. The van der Waals surface area contributed by atoms with E-state index in [-0.39, 0.29) is 18.3 Å². The van der Waals surface area contributed by atoms with Crippen LogP contribution in [0, 0.1) is 0 Å². The third-order valence-electron chi connectivity index (χ3n) is 5.42. The number of nitrogens with two attached hydrogens (primary N) is 1. The number of ether oxygens (including phenoxy) is 4. The Kier molecular flexibility index (Phi) is 11.1. The first-order chi connectivity index (χ1) is 15.5. The van der Waals surface area contributed by atoms with E-state index in [0.717, 1.165) is 58.5 Å². The summed E-state index contributed by atoms with van der Waals surface area (Å²) in [6, 6.07) is 3.24. The van der Waals surface area contributed by atoms with Gasteiger partial charge in [0.2, 0.25) is 5.75 Å². The average Bonchev–Trinajstić information content (AvgIpc) is 2.81. The Morgan fingerprint density at radius 1 is 1.06 bits per heavy atom. The summed E-state index contributed by atoms with van der Waals surface area (Å²) in [5, 5.41) is 0. The molecule has 9 nitrogen and oxygen atoms in total. The molecule has 0 aliphatic carbocycles. The predicted octanol–water partition coefficient (Wildman–Crippen LogP) is 1.92. The van der Waals surface area contributed by atoms with Gasteiger partial charge in [-0.15, -0.1) is 0 Å². The topological polar surface area (TPSA) is 104 Å². The van der Waals surface area contributed by atoms with E-state index in [4.69, 9.17) is 24.7 Å². The van der Waals surface area contributed by atoms with Crippen molar-refractivity contribution < 1.29 is 28.5 Å². The summed E-state index contributed by atoms with van der Waals surface area (Å²) in [6.45, 7) is 7.19. The lowest BCUT2D eigenvalue weighted by molar-refractivity contribution is -0.120. The van der Waals surface area contributed by atoms with Gasteiger partial charge in [-0.05, 0) is 18.6 Å². The van der Waals surface area contributed by atoms with Gasteiger partial charge in [-0.2, -0.15) is 0 Å². The van der Waals surface area contributed by atoms with Crippen LogP contribution in [-0.2, 0) is 9.53 Å². The highest BCUT2D eigenvalue weighted by Crippen LogP contribution is 2.38. The SMILES string of the molecule is CCCCCCN(CCN1CCOCC1)C(=O)c1cc(OC)c(OCC(N)=O)c(OC)c1. The van der Waals surface area contributed by atoms with E-state index in [1.165, 1.54) is 14.2 Å². The van der Waals surface area contributed by atoms with E-state index in [0.29, 0.717) is 30.2 Å². The summed E-state index contributed by atoms with van der Waals surface area (Å²) in [7, 11) is 2.95. The first-order valence-corrected chi connectivity index (χ1v) is 11.3. The van der Waals surface area contributed by atoms with Crippen molar-refractivity contribution >= 4 is 11.8 Å². The molecule has 0 bridgehead atoms. The van der Waals surface area contributed by atoms with Crippen molar-refractivity contribution in [2.75, 3.05) is 66.8 Å². The van der Waals surface area contributed by atoms with E-state index in [2.05, 4.69) is 11.8 Å². The molecule has 0 atom stereocenters. The molecule has 9 heteroatoms.